The number of ether oxygens (including phenoxy) is 1. The highest BCUT2D eigenvalue weighted by Gasteiger charge is 2.04. The fourth-order valence-electron chi connectivity index (χ4n) is 1.40. The number of amides is 2. The number of carbonyl (C=O) groups is 2. The Hall–Kier alpha value is -1.75. The summed E-state index contributed by atoms with van der Waals surface area (Å²) in [6.45, 7) is 2.70. The van der Waals surface area contributed by atoms with Crippen molar-refractivity contribution < 1.29 is 14.3 Å². The van der Waals surface area contributed by atoms with Crippen molar-refractivity contribution >= 4 is 23.6 Å². The van der Waals surface area contributed by atoms with Crippen molar-refractivity contribution in [2.75, 3.05) is 13.2 Å². The van der Waals surface area contributed by atoms with E-state index in [1.807, 2.05) is 12.1 Å². The molecule has 0 unspecified atom stereocenters. The van der Waals surface area contributed by atoms with Gasteiger partial charge in [0, 0.05) is 24.5 Å². The SMILES string of the molecule is CCOC(=O)NCCC(=O)NCc1cccc(Cl)c1. The number of halogens is 1. The second kappa shape index (κ2) is 8.37. The van der Waals surface area contributed by atoms with E-state index in [1.54, 1.807) is 19.1 Å². The third-order valence-corrected chi connectivity index (χ3v) is 2.51. The number of carbonyl (C=O) groups excluding carboxylic acids is 2. The second-order valence-electron chi connectivity index (χ2n) is 3.80. The monoisotopic (exact) mass is 284 g/mol. The summed E-state index contributed by atoms with van der Waals surface area (Å²) in [7, 11) is 0. The highest BCUT2D eigenvalue weighted by molar-refractivity contribution is 6.30. The minimum atomic E-state index is -0.509. The zero-order valence-electron chi connectivity index (χ0n) is 10.7. The lowest BCUT2D eigenvalue weighted by Gasteiger charge is -2.07. The van der Waals surface area contributed by atoms with Crippen LogP contribution in [0.4, 0.5) is 4.79 Å². The number of nitrogens with one attached hydrogen (secondary N) is 2. The van der Waals surface area contributed by atoms with Crippen molar-refractivity contribution in [3.8, 4) is 0 Å². The number of alkyl carbamates (subject to hydrolysis) is 1. The van der Waals surface area contributed by atoms with Gasteiger partial charge in [0.15, 0.2) is 0 Å². The minimum Gasteiger partial charge on any atom is -0.450 e. The summed E-state index contributed by atoms with van der Waals surface area (Å²) in [5.74, 6) is -0.142. The van der Waals surface area contributed by atoms with Gasteiger partial charge in [-0.2, -0.15) is 0 Å². The van der Waals surface area contributed by atoms with Gasteiger partial charge in [-0.05, 0) is 24.6 Å². The summed E-state index contributed by atoms with van der Waals surface area (Å²) in [5.41, 5.74) is 0.930. The van der Waals surface area contributed by atoms with Crippen LogP contribution in [0, 0.1) is 0 Å². The third kappa shape index (κ3) is 6.67. The molecular weight excluding hydrogens is 268 g/mol. The molecule has 1 rings (SSSR count). The van der Waals surface area contributed by atoms with Crippen LogP contribution in [0.3, 0.4) is 0 Å². The van der Waals surface area contributed by atoms with E-state index in [2.05, 4.69) is 15.4 Å². The molecule has 0 fully saturated rings. The van der Waals surface area contributed by atoms with Crippen LogP contribution >= 0.6 is 11.6 Å². The summed E-state index contributed by atoms with van der Waals surface area (Å²) in [5, 5.41) is 5.86. The van der Waals surface area contributed by atoms with Gasteiger partial charge >= 0.3 is 6.09 Å². The van der Waals surface area contributed by atoms with Gasteiger partial charge in [0.25, 0.3) is 0 Å². The van der Waals surface area contributed by atoms with Crippen molar-refractivity contribution in [1.29, 1.82) is 0 Å². The van der Waals surface area contributed by atoms with Gasteiger partial charge in [-0.1, -0.05) is 23.7 Å². The third-order valence-electron chi connectivity index (χ3n) is 2.28. The normalized spacial score (nSPS) is 9.79. The average molecular weight is 285 g/mol. The molecule has 0 heterocycles. The van der Waals surface area contributed by atoms with Crippen LogP contribution in [0.25, 0.3) is 0 Å². The standard InChI is InChI=1S/C13H17ClN2O3/c1-2-19-13(18)15-7-6-12(17)16-9-10-4-3-5-11(14)8-10/h3-5,8H,2,6-7,9H2,1H3,(H,15,18)(H,16,17). The molecule has 0 atom stereocenters. The Balaban J connectivity index is 2.19. The molecule has 1 aromatic rings. The molecule has 0 aromatic heterocycles. The summed E-state index contributed by atoms with van der Waals surface area (Å²) in [4.78, 5) is 22.5. The molecule has 104 valence electrons. The molecule has 1 aromatic carbocycles. The topological polar surface area (TPSA) is 67.4 Å². The predicted molar refractivity (Wildman–Crippen MR) is 72.9 cm³/mol. The smallest absolute Gasteiger partial charge is 0.407 e. The fourth-order valence-corrected chi connectivity index (χ4v) is 1.61. The van der Waals surface area contributed by atoms with Crippen molar-refractivity contribution in [2.45, 2.75) is 19.9 Å². The summed E-state index contributed by atoms with van der Waals surface area (Å²) < 4.78 is 4.67. The first-order chi connectivity index (χ1) is 9.11. The number of hydrogen-bond donors (Lipinski definition) is 2. The van der Waals surface area contributed by atoms with Crippen molar-refractivity contribution in [3.05, 3.63) is 34.9 Å². The molecule has 0 aliphatic heterocycles. The largest absolute Gasteiger partial charge is 0.450 e. The van der Waals surface area contributed by atoms with Gasteiger partial charge < -0.3 is 15.4 Å². The van der Waals surface area contributed by atoms with Crippen LogP contribution < -0.4 is 10.6 Å². The molecular formula is C13H17ClN2O3. The van der Waals surface area contributed by atoms with Crippen LogP contribution in [0.1, 0.15) is 18.9 Å². The Labute approximate surface area is 117 Å². The lowest BCUT2D eigenvalue weighted by molar-refractivity contribution is -0.121. The molecule has 0 radical (unpaired) electrons. The van der Waals surface area contributed by atoms with E-state index in [0.717, 1.165) is 5.56 Å². The van der Waals surface area contributed by atoms with Crippen LogP contribution in [0.2, 0.25) is 5.02 Å². The van der Waals surface area contributed by atoms with Gasteiger partial charge in [0.1, 0.15) is 0 Å². The van der Waals surface area contributed by atoms with E-state index < -0.39 is 6.09 Å². The van der Waals surface area contributed by atoms with Gasteiger partial charge in [0.2, 0.25) is 5.91 Å². The average Bonchev–Trinajstić information content (AvgIpc) is 2.37. The molecule has 19 heavy (non-hydrogen) atoms. The summed E-state index contributed by atoms with van der Waals surface area (Å²) >= 11 is 5.83. The number of benzene rings is 1. The molecule has 0 aliphatic rings. The lowest BCUT2D eigenvalue weighted by atomic mass is 10.2. The van der Waals surface area contributed by atoms with E-state index in [-0.39, 0.29) is 18.9 Å². The lowest BCUT2D eigenvalue weighted by Crippen LogP contribution is -2.30. The van der Waals surface area contributed by atoms with Crippen LogP contribution in [-0.4, -0.2) is 25.2 Å². The molecule has 0 spiro atoms. The maximum absolute atomic E-state index is 11.5. The van der Waals surface area contributed by atoms with E-state index in [9.17, 15) is 9.59 Å². The Morgan fingerprint density at radius 1 is 1.32 bits per heavy atom. The Morgan fingerprint density at radius 3 is 2.79 bits per heavy atom. The zero-order valence-corrected chi connectivity index (χ0v) is 11.5. The van der Waals surface area contributed by atoms with Gasteiger partial charge in [-0.25, -0.2) is 4.79 Å². The minimum absolute atomic E-state index is 0.142. The highest BCUT2D eigenvalue weighted by atomic mass is 35.5. The van der Waals surface area contributed by atoms with E-state index in [1.165, 1.54) is 0 Å². The van der Waals surface area contributed by atoms with Crippen molar-refractivity contribution in [3.63, 3.8) is 0 Å². The number of rotatable bonds is 6. The van der Waals surface area contributed by atoms with Gasteiger partial charge in [-0.3, -0.25) is 4.79 Å². The van der Waals surface area contributed by atoms with Crippen LogP contribution in [0.5, 0.6) is 0 Å². The van der Waals surface area contributed by atoms with E-state index in [4.69, 9.17) is 11.6 Å². The van der Waals surface area contributed by atoms with Gasteiger partial charge in [0.05, 0.1) is 6.61 Å². The Kier molecular flexibility index (Phi) is 6.74. The quantitative estimate of drug-likeness (QED) is 0.840. The highest BCUT2D eigenvalue weighted by Crippen LogP contribution is 2.10. The van der Waals surface area contributed by atoms with Gasteiger partial charge in [-0.15, -0.1) is 0 Å². The fraction of sp³-hybridized carbons (Fsp3) is 0.385. The Bertz CT molecular complexity index is 438. The van der Waals surface area contributed by atoms with E-state index >= 15 is 0 Å². The first kappa shape index (κ1) is 15.3. The molecule has 0 saturated heterocycles. The molecule has 0 saturated carbocycles. The molecule has 0 bridgehead atoms. The van der Waals surface area contributed by atoms with Crippen LogP contribution in [0.15, 0.2) is 24.3 Å². The first-order valence-electron chi connectivity index (χ1n) is 6.03. The summed E-state index contributed by atoms with van der Waals surface area (Å²) in [6, 6.07) is 7.27. The number of hydrogen-bond acceptors (Lipinski definition) is 3. The molecule has 2 amide bonds. The maximum atomic E-state index is 11.5. The summed E-state index contributed by atoms with van der Waals surface area (Å²) in [6.07, 6.45) is -0.301. The first-order valence-corrected chi connectivity index (χ1v) is 6.41. The predicted octanol–water partition coefficient (Wildman–Crippen LogP) is 2.09. The maximum Gasteiger partial charge on any atom is 0.407 e. The molecule has 2 N–H and O–H groups in total. The molecule has 6 heteroatoms. The van der Waals surface area contributed by atoms with Crippen LogP contribution in [-0.2, 0) is 16.1 Å². The molecule has 0 aliphatic carbocycles. The van der Waals surface area contributed by atoms with Crippen molar-refractivity contribution in [2.24, 2.45) is 0 Å². The van der Waals surface area contributed by atoms with Crippen molar-refractivity contribution in [1.82, 2.24) is 10.6 Å². The zero-order chi connectivity index (χ0) is 14.1. The van der Waals surface area contributed by atoms with E-state index in [0.29, 0.717) is 18.2 Å². The Morgan fingerprint density at radius 2 is 2.11 bits per heavy atom. The second-order valence-corrected chi connectivity index (χ2v) is 4.24. The molecule has 5 nitrogen and oxygen atoms in total.